The fourth-order valence-electron chi connectivity index (χ4n) is 0.799. The maximum Gasteiger partial charge on any atom is 0.298 e. The van der Waals surface area contributed by atoms with Gasteiger partial charge >= 0.3 is 0 Å². The summed E-state index contributed by atoms with van der Waals surface area (Å²) in [6, 6.07) is 1.69. The van der Waals surface area contributed by atoms with Crippen molar-refractivity contribution in [1.82, 2.24) is 15.3 Å². The Bertz CT molecular complexity index is 353. The Labute approximate surface area is 67.3 Å². The van der Waals surface area contributed by atoms with Crippen LogP contribution >= 0.6 is 0 Å². The van der Waals surface area contributed by atoms with Gasteiger partial charge in [-0.05, 0) is 12.1 Å². The van der Waals surface area contributed by atoms with Crippen LogP contribution in [-0.4, -0.2) is 15.3 Å². The van der Waals surface area contributed by atoms with Gasteiger partial charge in [-0.3, -0.25) is 0 Å². The number of anilines is 1. The van der Waals surface area contributed by atoms with E-state index in [1.807, 2.05) is 0 Å². The summed E-state index contributed by atoms with van der Waals surface area (Å²) >= 11 is 0. The molecule has 6 heteroatoms. The standard InChI is InChI=1S/C6H6N4O2/c1-3-2-4(11-9-3)5-8-6(7)10-12-5/h2H,1H3,(H2,7,10). The minimum Gasteiger partial charge on any atom is -0.365 e. The monoisotopic (exact) mass is 166 g/mol. The molecule has 0 aromatic carbocycles. The van der Waals surface area contributed by atoms with Gasteiger partial charge in [0.2, 0.25) is 5.76 Å². The summed E-state index contributed by atoms with van der Waals surface area (Å²) in [5.74, 6) is 0.754. The molecule has 2 rings (SSSR count). The Hall–Kier alpha value is -1.85. The summed E-state index contributed by atoms with van der Waals surface area (Å²) in [7, 11) is 0. The second kappa shape index (κ2) is 2.33. The lowest BCUT2D eigenvalue weighted by Crippen LogP contribution is -1.84. The third-order valence-electron chi connectivity index (χ3n) is 1.28. The highest BCUT2D eigenvalue weighted by Crippen LogP contribution is 2.17. The molecule has 2 aromatic rings. The molecule has 0 saturated heterocycles. The predicted octanol–water partition coefficient (Wildman–Crippen LogP) is 0.615. The first-order chi connectivity index (χ1) is 5.75. The first-order valence-electron chi connectivity index (χ1n) is 3.28. The third kappa shape index (κ3) is 1.03. The molecular formula is C6H6N4O2. The van der Waals surface area contributed by atoms with Gasteiger partial charge in [-0.15, -0.1) is 0 Å². The Morgan fingerprint density at radius 1 is 1.33 bits per heavy atom. The summed E-state index contributed by atoms with van der Waals surface area (Å²) < 4.78 is 9.61. The fourth-order valence-corrected chi connectivity index (χ4v) is 0.799. The third-order valence-corrected chi connectivity index (χ3v) is 1.28. The predicted molar refractivity (Wildman–Crippen MR) is 38.9 cm³/mol. The van der Waals surface area contributed by atoms with Crippen molar-refractivity contribution in [2.45, 2.75) is 6.92 Å². The van der Waals surface area contributed by atoms with Crippen molar-refractivity contribution in [1.29, 1.82) is 0 Å². The molecule has 0 spiro atoms. The number of aromatic nitrogens is 3. The molecule has 0 unspecified atom stereocenters. The van der Waals surface area contributed by atoms with E-state index >= 15 is 0 Å². The normalized spacial score (nSPS) is 10.4. The minimum atomic E-state index is 0.0825. The average molecular weight is 166 g/mol. The highest BCUT2D eigenvalue weighted by molar-refractivity contribution is 5.45. The van der Waals surface area contributed by atoms with Gasteiger partial charge in [0.15, 0.2) is 0 Å². The molecule has 12 heavy (non-hydrogen) atoms. The Morgan fingerprint density at radius 3 is 2.67 bits per heavy atom. The molecule has 62 valence electrons. The van der Waals surface area contributed by atoms with E-state index in [0.717, 1.165) is 5.69 Å². The lowest BCUT2D eigenvalue weighted by molar-refractivity contribution is 0.383. The van der Waals surface area contributed by atoms with E-state index in [-0.39, 0.29) is 11.8 Å². The average Bonchev–Trinajstić information content (AvgIpc) is 2.58. The zero-order valence-corrected chi connectivity index (χ0v) is 6.31. The van der Waals surface area contributed by atoms with Crippen LogP contribution in [0.1, 0.15) is 5.69 Å². The van der Waals surface area contributed by atoms with Crippen LogP contribution in [0.25, 0.3) is 11.7 Å². The van der Waals surface area contributed by atoms with Gasteiger partial charge in [0.1, 0.15) is 0 Å². The number of hydrogen-bond acceptors (Lipinski definition) is 6. The smallest absolute Gasteiger partial charge is 0.298 e. The van der Waals surface area contributed by atoms with Crippen LogP contribution < -0.4 is 5.73 Å². The van der Waals surface area contributed by atoms with E-state index in [2.05, 4.69) is 15.3 Å². The SMILES string of the molecule is Cc1cc(-c2nc(N)no2)on1. The Kier molecular flexibility index (Phi) is 1.33. The fraction of sp³-hybridized carbons (Fsp3) is 0.167. The molecule has 0 saturated carbocycles. The molecule has 2 aromatic heterocycles. The van der Waals surface area contributed by atoms with Gasteiger partial charge < -0.3 is 14.8 Å². The van der Waals surface area contributed by atoms with Gasteiger partial charge in [0, 0.05) is 6.07 Å². The van der Waals surface area contributed by atoms with Crippen molar-refractivity contribution < 1.29 is 9.05 Å². The molecule has 0 aliphatic carbocycles. The number of nitrogen functional groups attached to an aromatic ring is 1. The largest absolute Gasteiger partial charge is 0.365 e. The van der Waals surface area contributed by atoms with Crippen LogP contribution in [0.4, 0.5) is 5.95 Å². The maximum atomic E-state index is 5.24. The lowest BCUT2D eigenvalue weighted by atomic mass is 10.4. The molecule has 0 aliphatic heterocycles. The summed E-state index contributed by atoms with van der Waals surface area (Å²) in [5, 5.41) is 7.06. The summed E-state index contributed by atoms with van der Waals surface area (Å²) in [4.78, 5) is 3.76. The molecule has 0 bridgehead atoms. The van der Waals surface area contributed by atoms with E-state index in [1.165, 1.54) is 0 Å². The summed E-state index contributed by atoms with van der Waals surface area (Å²) in [5.41, 5.74) is 6.00. The number of nitrogens with zero attached hydrogens (tertiary/aromatic N) is 3. The first-order valence-corrected chi connectivity index (χ1v) is 3.28. The highest BCUT2D eigenvalue weighted by Gasteiger charge is 2.11. The van der Waals surface area contributed by atoms with E-state index in [9.17, 15) is 0 Å². The number of hydrogen-bond donors (Lipinski definition) is 1. The molecule has 0 aliphatic rings. The topological polar surface area (TPSA) is 91.0 Å². The van der Waals surface area contributed by atoms with Crippen molar-refractivity contribution >= 4 is 5.95 Å². The maximum absolute atomic E-state index is 5.24. The van der Waals surface area contributed by atoms with Crippen LogP contribution in [0.2, 0.25) is 0 Å². The van der Waals surface area contributed by atoms with Crippen LogP contribution in [0.5, 0.6) is 0 Å². The van der Waals surface area contributed by atoms with Crippen molar-refractivity contribution in [3.05, 3.63) is 11.8 Å². The van der Waals surface area contributed by atoms with E-state index < -0.39 is 0 Å². The zero-order valence-electron chi connectivity index (χ0n) is 6.31. The lowest BCUT2D eigenvalue weighted by Gasteiger charge is -1.78. The van der Waals surface area contributed by atoms with E-state index in [0.29, 0.717) is 5.76 Å². The molecule has 0 radical (unpaired) electrons. The molecule has 0 amide bonds. The quantitative estimate of drug-likeness (QED) is 0.667. The highest BCUT2D eigenvalue weighted by atomic mass is 16.5. The van der Waals surface area contributed by atoms with Crippen LogP contribution in [0.15, 0.2) is 15.1 Å². The van der Waals surface area contributed by atoms with E-state index in [4.69, 9.17) is 14.8 Å². The number of nitrogens with two attached hydrogens (primary N) is 1. The first kappa shape index (κ1) is 6.84. The van der Waals surface area contributed by atoms with Crippen molar-refractivity contribution in [2.75, 3.05) is 5.73 Å². The van der Waals surface area contributed by atoms with Gasteiger partial charge in [-0.1, -0.05) is 5.16 Å². The zero-order chi connectivity index (χ0) is 8.55. The van der Waals surface area contributed by atoms with Crippen LogP contribution in [0, 0.1) is 6.92 Å². The number of aryl methyl sites for hydroxylation is 1. The second-order valence-corrected chi connectivity index (χ2v) is 2.29. The molecule has 2 heterocycles. The molecule has 0 atom stereocenters. The van der Waals surface area contributed by atoms with Gasteiger partial charge in [0.25, 0.3) is 11.8 Å². The van der Waals surface area contributed by atoms with E-state index in [1.54, 1.807) is 13.0 Å². The van der Waals surface area contributed by atoms with Crippen LogP contribution in [-0.2, 0) is 0 Å². The van der Waals surface area contributed by atoms with Gasteiger partial charge in [-0.25, -0.2) is 0 Å². The Morgan fingerprint density at radius 2 is 2.17 bits per heavy atom. The Balaban J connectivity index is 2.43. The minimum absolute atomic E-state index is 0.0825. The number of rotatable bonds is 1. The summed E-state index contributed by atoms with van der Waals surface area (Å²) in [6.07, 6.45) is 0. The molecule has 2 N–H and O–H groups in total. The molecule has 0 fully saturated rings. The van der Waals surface area contributed by atoms with Gasteiger partial charge in [0.05, 0.1) is 5.69 Å². The molecule has 6 nitrogen and oxygen atoms in total. The molecular weight excluding hydrogens is 160 g/mol. The van der Waals surface area contributed by atoms with Crippen molar-refractivity contribution in [3.63, 3.8) is 0 Å². The van der Waals surface area contributed by atoms with Crippen molar-refractivity contribution in [3.8, 4) is 11.7 Å². The summed E-state index contributed by atoms with van der Waals surface area (Å²) in [6.45, 7) is 1.80. The van der Waals surface area contributed by atoms with Gasteiger partial charge in [-0.2, -0.15) is 4.98 Å². The van der Waals surface area contributed by atoms with Crippen LogP contribution in [0.3, 0.4) is 0 Å². The second-order valence-electron chi connectivity index (χ2n) is 2.29. The van der Waals surface area contributed by atoms with Crippen molar-refractivity contribution in [2.24, 2.45) is 0 Å².